The molecule has 0 aliphatic heterocycles. The quantitative estimate of drug-likeness (QED) is 0.920. The molecule has 9 heteroatoms. The van der Waals surface area contributed by atoms with Gasteiger partial charge in [-0.3, -0.25) is 0 Å². The Morgan fingerprint density at radius 3 is 2.75 bits per heavy atom. The number of rotatable bonds is 4. The second kappa shape index (κ2) is 5.70. The maximum atomic E-state index is 12.3. The van der Waals surface area contributed by atoms with Crippen molar-refractivity contribution in [1.29, 1.82) is 0 Å². The molecule has 0 fully saturated rings. The van der Waals surface area contributed by atoms with E-state index in [1.807, 2.05) is 0 Å². The normalized spacial score (nSPS) is 11.4. The highest BCUT2D eigenvalue weighted by Crippen LogP contribution is 2.33. The van der Waals surface area contributed by atoms with Crippen LogP contribution >= 0.6 is 15.9 Å². The van der Waals surface area contributed by atoms with Gasteiger partial charge in [0.05, 0.1) is 12.2 Å². The lowest BCUT2D eigenvalue weighted by atomic mass is 10.3. The van der Waals surface area contributed by atoms with Gasteiger partial charge in [0, 0.05) is 11.5 Å². The van der Waals surface area contributed by atoms with E-state index >= 15 is 0 Å². The molecule has 1 heterocycles. The number of nitrogens with one attached hydrogen (secondary N) is 1. The van der Waals surface area contributed by atoms with Gasteiger partial charge < -0.3 is 14.6 Å². The smallest absolute Gasteiger partial charge is 0.404 e. The highest BCUT2D eigenvalue weighted by Gasteiger charge is 2.32. The monoisotopic (exact) mass is 350 g/mol. The number of benzene rings is 1. The summed E-state index contributed by atoms with van der Waals surface area (Å²) in [6, 6.07) is 4.34. The topological polar surface area (TPSA) is 52.0 Å². The maximum absolute atomic E-state index is 12.3. The molecule has 0 spiro atoms. The fourth-order valence-electron chi connectivity index (χ4n) is 1.49. The van der Waals surface area contributed by atoms with Crippen LogP contribution in [0.3, 0.4) is 0 Å². The van der Waals surface area contributed by atoms with Gasteiger partial charge in [0.15, 0.2) is 11.6 Å². The fraction of sp³-hybridized carbons (Fsp3) is 0.273. The third kappa shape index (κ3) is 3.86. The predicted octanol–water partition coefficient (Wildman–Crippen LogP) is 3.09. The molecule has 0 amide bonds. The van der Waals surface area contributed by atoms with Gasteiger partial charge in [-0.1, -0.05) is 15.9 Å². The Morgan fingerprint density at radius 2 is 2.15 bits per heavy atom. The summed E-state index contributed by atoms with van der Waals surface area (Å²) in [6.45, 7) is 0.229. The molecule has 0 bridgehead atoms. The van der Waals surface area contributed by atoms with Crippen molar-refractivity contribution in [2.24, 2.45) is 7.05 Å². The van der Waals surface area contributed by atoms with Gasteiger partial charge in [0.2, 0.25) is 0 Å². The summed E-state index contributed by atoms with van der Waals surface area (Å²) in [5, 5.41) is 10.4. The molecular formula is C11H10BrF3N4O. The average Bonchev–Trinajstić information content (AvgIpc) is 2.72. The van der Waals surface area contributed by atoms with Crippen molar-refractivity contribution in [1.82, 2.24) is 14.8 Å². The van der Waals surface area contributed by atoms with E-state index in [4.69, 9.17) is 0 Å². The van der Waals surface area contributed by atoms with Crippen LogP contribution in [0.4, 0.5) is 18.9 Å². The van der Waals surface area contributed by atoms with E-state index in [1.165, 1.54) is 18.5 Å². The number of aromatic nitrogens is 3. The fourth-order valence-corrected chi connectivity index (χ4v) is 1.83. The Hall–Kier alpha value is -1.77. The van der Waals surface area contributed by atoms with Crippen LogP contribution in [-0.2, 0) is 13.6 Å². The van der Waals surface area contributed by atoms with Crippen LogP contribution in [0.1, 0.15) is 5.82 Å². The molecule has 1 N–H and O–H groups in total. The Morgan fingerprint density at radius 1 is 1.40 bits per heavy atom. The number of halogens is 4. The molecule has 0 atom stereocenters. The van der Waals surface area contributed by atoms with Crippen LogP contribution in [0.2, 0.25) is 0 Å². The van der Waals surface area contributed by atoms with Gasteiger partial charge in [-0.25, -0.2) is 0 Å². The van der Waals surface area contributed by atoms with Crippen molar-refractivity contribution in [3.8, 4) is 5.75 Å². The molecule has 0 aliphatic rings. The van der Waals surface area contributed by atoms with E-state index in [0.29, 0.717) is 10.3 Å². The summed E-state index contributed by atoms with van der Waals surface area (Å²) in [5.41, 5.74) is 0.216. The summed E-state index contributed by atoms with van der Waals surface area (Å²) < 4.78 is 43.1. The van der Waals surface area contributed by atoms with E-state index in [9.17, 15) is 13.2 Å². The van der Waals surface area contributed by atoms with Crippen molar-refractivity contribution in [2.45, 2.75) is 12.9 Å². The Bertz CT molecular complexity index is 600. The van der Waals surface area contributed by atoms with E-state index < -0.39 is 6.36 Å². The van der Waals surface area contributed by atoms with Gasteiger partial charge in [0.1, 0.15) is 6.33 Å². The Kier molecular flexibility index (Phi) is 4.17. The molecule has 1 aromatic heterocycles. The lowest BCUT2D eigenvalue weighted by Crippen LogP contribution is -2.18. The maximum Gasteiger partial charge on any atom is 0.573 e. The van der Waals surface area contributed by atoms with Crippen molar-refractivity contribution >= 4 is 21.6 Å². The van der Waals surface area contributed by atoms with E-state index in [0.717, 1.165) is 0 Å². The van der Waals surface area contributed by atoms with E-state index in [2.05, 4.69) is 36.2 Å². The van der Waals surface area contributed by atoms with Crippen LogP contribution in [0, 0.1) is 0 Å². The summed E-state index contributed by atoms with van der Waals surface area (Å²) in [4.78, 5) is 0. The first-order valence-corrected chi connectivity index (χ1v) is 6.26. The number of alkyl halides is 3. The minimum absolute atomic E-state index is 0.216. The van der Waals surface area contributed by atoms with Gasteiger partial charge >= 0.3 is 6.36 Å². The zero-order chi connectivity index (χ0) is 14.8. The number of aryl methyl sites for hydroxylation is 1. The molecular weight excluding hydrogens is 341 g/mol. The van der Waals surface area contributed by atoms with Crippen LogP contribution in [0.15, 0.2) is 29.0 Å². The van der Waals surface area contributed by atoms with Crippen LogP contribution in [0.5, 0.6) is 5.75 Å². The first-order valence-electron chi connectivity index (χ1n) is 5.47. The van der Waals surface area contributed by atoms with E-state index in [1.54, 1.807) is 17.7 Å². The standard InChI is InChI=1S/C11H10BrF3N4O/c1-19-6-17-18-10(19)5-16-8-3-2-7(12)4-9(8)20-11(13,14)15/h2-4,6,16H,5H2,1H3. The molecule has 108 valence electrons. The predicted molar refractivity (Wildman–Crippen MR) is 69.2 cm³/mol. The second-order valence-electron chi connectivity index (χ2n) is 3.90. The zero-order valence-electron chi connectivity index (χ0n) is 10.3. The summed E-state index contributed by atoms with van der Waals surface area (Å²) in [5.74, 6) is 0.278. The number of ether oxygens (including phenoxy) is 1. The number of hydrogen-bond donors (Lipinski definition) is 1. The molecule has 1 aromatic carbocycles. The SMILES string of the molecule is Cn1cnnc1CNc1ccc(Br)cc1OC(F)(F)F. The molecule has 20 heavy (non-hydrogen) atoms. The number of hydrogen-bond acceptors (Lipinski definition) is 4. The summed E-state index contributed by atoms with van der Waals surface area (Å²) in [7, 11) is 1.74. The first-order chi connectivity index (χ1) is 9.35. The van der Waals surface area contributed by atoms with Gasteiger partial charge in [-0.2, -0.15) is 0 Å². The molecule has 0 saturated carbocycles. The van der Waals surface area contributed by atoms with E-state index in [-0.39, 0.29) is 18.0 Å². The third-order valence-electron chi connectivity index (χ3n) is 2.41. The van der Waals surface area contributed by atoms with Crippen molar-refractivity contribution < 1.29 is 17.9 Å². The molecule has 0 aliphatic carbocycles. The minimum atomic E-state index is -4.75. The largest absolute Gasteiger partial charge is 0.573 e. The average molecular weight is 351 g/mol. The zero-order valence-corrected chi connectivity index (χ0v) is 11.9. The van der Waals surface area contributed by atoms with Gasteiger partial charge in [-0.05, 0) is 18.2 Å². The second-order valence-corrected chi connectivity index (χ2v) is 4.82. The number of anilines is 1. The summed E-state index contributed by atoms with van der Waals surface area (Å²) >= 11 is 3.10. The molecule has 0 saturated heterocycles. The van der Waals surface area contributed by atoms with Crippen LogP contribution in [-0.4, -0.2) is 21.1 Å². The number of nitrogens with zero attached hydrogens (tertiary/aromatic N) is 3. The Balaban J connectivity index is 2.16. The first kappa shape index (κ1) is 14.6. The molecule has 0 radical (unpaired) electrons. The molecule has 5 nitrogen and oxygen atoms in total. The third-order valence-corrected chi connectivity index (χ3v) is 2.90. The van der Waals surface area contributed by atoms with Crippen molar-refractivity contribution in [3.63, 3.8) is 0 Å². The summed E-state index contributed by atoms with van der Waals surface area (Å²) in [6.07, 6.45) is -3.24. The van der Waals surface area contributed by atoms with Crippen molar-refractivity contribution in [2.75, 3.05) is 5.32 Å². The van der Waals surface area contributed by atoms with Crippen molar-refractivity contribution in [3.05, 3.63) is 34.8 Å². The molecule has 2 rings (SSSR count). The highest BCUT2D eigenvalue weighted by molar-refractivity contribution is 9.10. The minimum Gasteiger partial charge on any atom is -0.404 e. The molecule has 2 aromatic rings. The lowest BCUT2D eigenvalue weighted by molar-refractivity contribution is -0.274. The lowest BCUT2D eigenvalue weighted by Gasteiger charge is -2.14. The van der Waals surface area contributed by atoms with Gasteiger partial charge in [-0.15, -0.1) is 23.4 Å². The Labute approximate surface area is 120 Å². The van der Waals surface area contributed by atoms with Crippen LogP contribution in [0.25, 0.3) is 0 Å². The van der Waals surface area contributed by atoms with Crippen LogP contribution < -0.4 is 10.1 Å². The van der Waals surface area contributed by atoms with Gasteiger partial charge in [0.25, 0.3) is 0 Å². The molecule has 0 unspecified atom stereocenters. The highest BCUT2D eigenvalue weighted by atomic mass is 79.9.